The molecule has 1 unspecified atom stereocenters. The Hall–Kier alpha value is -4.30. The molecular weight excluding hydrogens is 539 g/mol. The van der Waals surface area contributed by atoms with E-state index in [-0.39, 0.29) is 42.6 Å². The van der Waals surface area contributed by atoms with Crippen LogP contribution in [0, 0.1) is 17.5 Å². The van der Waals surface area contributed by atoms with Crippen molar-refractivity contribution in [2.24, 2.45) is 19.1 Å². The molecule has 202 valence electrons. The number of aldehydes is 1. The second-order valence-corrected chi connectivity index (χ2v) is 9.35. The van der Waals surface area contributed by atoms with Gasteiger partial charge in [-0.15, -0.1) is 0 Å². The van der Waals surface area contributed by atoms with E-state index < -0.39 is 29.4 Å². The lowest BCUT2D eigenvalue weighted by Crippen LogP contribution is -2.65. The van der Waals surface area contributed by atoms with Crippen LogP contribution in [-0.4, -0.2) is 65.2 Å². The maximum absolute atomic E-state index is 14.6. The maximum Gasteiger partial charge on any atom is 0.232 e. The minimum absolute atomic E-state index is 0.0323. The van der Waals surface area contributed by atoms with Crippen LogP contribution in [0.3, 0.4) is 0 Å². The van der Waals surface area contributed by atoms with Gasteiger partial charge in [-0.2, -0.15) is 10.2 Å². The summed E-state index contributed by atoms with van der Waals surface area (Å²) in [5.41, 5.74) is 0.771. The van der Waals surface area contributed by atoms with Gasteiger partial charge in [0.15, 0.2) is 29.9 Å². The highest BCUT2D eigenvalue weighted by molar-refractivity contribution is 6.34. The summed E-state index contributed by atoms with van der Waals surface area (Å²) in [6.07, 6.45) is 2.24. The zero-order valence-corrected chi connectivity index (χ0v) is 21.4. The number of hydrogen-bond acceptors (Lipinski definition) is 7. The van der Waals surface area contributed by atoms with Crippen LogP contribution in [0.2, 0.25) is 5.02 Å². The molecule has 0 amide bonds. The van der Waals surface area contributed by atoms with E-state index >= 15 is 0 Å². The molecule has 1 fully saturated rings. The van der Waals surface area contributed by atoms with E-state index in [9.17, 15) is 22.8 Å². The summed E-state index contributed by atoms with van der Waals surface area (Å²) in [5.74, 6) is -3.90. The molecular formula is C24H21ClF3N9O2. The number of carbonyl (C=O) groups is 2. The van der Waals surface area contributed by atoms with Crippen LogP contribution in [0.25, 0.3) is 10.9 Å². The van der Waals surface area contributed by atoms with Crippen LogP contribution in [0.1, 0.15) is 11.4 Å². The number of guanidine groups is 1. The van der Waals surface area contributed by atoms with Crippen molar-refractivity contribution in [3.8, 4) is 0 Å². The van der Waals surface area contributed by atoms with Gasteiger partial charge in [0, 0.05) is 37.3 Å². The first-order valence-electron chi connectivity index (χ1n) is 11.6. The van der Waals surface area contributed by atoms with Crippen LogP contribution in [-0.2, 0) is 36.8 Å². The average molecular weight is 560 g/mol. The molecule has 0 radical (unpaired) electrons. The molecule has 15 heteroatoms. The molecule has 1 atom stereocenters. The highest BCUT2D eigenvalue weighted by Crippen LogP contribution is 2.31. The first-order chi connectivity index (χ1) is 18.6. The van der Waals surface area contributed by atoms with Crippen molar-refractivity contribution >= 4 is 46.2 Å². The zero-order valence-electron chi connectivity index (χ0n) is 20.6. The van der Waals surface area contributed by atoms with Crippen molar-refractivity contribution in [3.63, 3.8) is 0 Å². The fraction of sp³-hybridized carbons (Fsp3) is 0.250. The lowest BCUT2D eigenvalue weighted by atomic mass is 10.1. The van der Waals surface area contributed by atoms with Gasteiger partial charge in [0.1, 0.15) is 12.1 Å². The highest BCUT2D eigenvalue weighted by Gasteiger charge is 2.36. The van der Waals surface area contributed by atoms with Gasteiger partial charge >= 0.3 is 0 Å². The molecule has 1 aliphatic heterocycles. The lowest BCUT2D eigenvalue weighted by Gasteiger charge is -2.42. The van der Waals surface area contributed by atoms with Gasteiger partial charge in [0.2, 0.25) is 11.7 Å². The normalized spacial score (nSPS) is 17.1. The predicted octanol–water partition coefficient (Wildman–Crippen LogP) is 2.42. The number of aryl methyl sites for hydroxylation is 2. The number of hydrogen-bond donors (Lipinski definition) is 1. The summed E-state index contributed by atoms with van der Waals surface area (Å²) in [7, 11) is 3.42. The predicted molar refractivity (Wildman–Crippen MR) is 134 cm³/mol. The van der Waals surface area contributed by atoms with Crippen LogP contribution < -0.4 is 5.32 Å². The van der Waals surface area contributed by atoms with Crippen LogP contribution in [0.5, 0.6) is 0 Å². The molecule has 11 nitrogen and oxygen atoms in total. The second-order valence-electron chi connectivity index (χ2n) is 8.95. The third kappa shape index (κ3) is 5.47. The van der Waals surface area contributed by atoms with Gasteiger partial charge in [-0.25, -0.2) is 23.1 Å². The van der Waals surface area contributed by atoms with Gasteiger partial charge in [0.25, 0.3) is 0 Å². The number of nitrogens with zero attached hydrogens (tertiary/aromatic N) is 8. The van der Waals surface area contributed by atoms with Gasteiger partial charge in [-0.3, -0.25) is 23.9 Å². The topological polar surface area (TPSA) is 114 Å². The van der Waals surface area contributed by atoms with Crippen molar-refractivity contribution < 1.29 is 22.8 Å². The summed E-state index contributed by atoms with van der Waals surface area (Å²) in [6.45, 7) is -0.320. The number of aromatic nitrogens is 5. The van der Waals surface area contributed by atoms with Crippen LogP contribution in [0.15, 0.2) is 41.8 Å². The molecule has 5 rings (SSSR count). The number of ketones is 1. The molecule has 4 aromatic rings. The minimum Gasteiger partial charge on any atom is -0.333 e. The number of benzene rings is 2. The molecule has 3 heterocycles. The van der Waals surface area contributed by atoms with Crippen molar-refractivity contribution in [2.75, 3.05) is 6.67 Å². The Labute approximate surface area is 224 Å². The van der Waals surface area contributed by atoms with E-state index in [0.717, 1.165) is 11.5 Å². The molecule has 0 bridgehead atoms. The molecule has 2 aromatic carbocycles. The number of Topliss-reactive ketones (excluding diaryl/α,β-unsaturated/α-hetero) is 1. The summed E-state index contributed by atoms with van der Waals surface area (Å²) in [6, 6.07) is 4.51. The van der Waals surface area contributed by atoms with E-state index in [1.807, 2.05) is 0 Å². The van der Waals surface area contributed by atoms with Gasteiger partial charge in [0.05, 0.1) is 36.0 Å². The third-order valence-electron chi connectivity index (χ3n) is 6.02. The first kappa shape index (κ1) is 26.3. The molecule has 1 N–H and O–H groups in total. The number of carbonyl (C=O) groups excluding carboxylic acids is 2. The largest absolute Gasteiger partial charge is 0.333 e. The summed E-state index contributed by atoms with van der Waals surface area (Å²) < 4.78 is 45.3. The van der Waals surface area contributed by atoms with Crippen molar-refractivity contribution in [3.05, 3.63) is 70.7 Å². The molecule has 1 saturated heterocycles. The number of fused-ring (bicyclic) bond motifs is 1. The molecule has 0 aliphatic carbocycles. The summed E-state index contributed by atoms with van der Waals surface area (Å²) >= 11 is 6.46. The third-order valence-corrected chi connectivity index (χ3v) is 6.33. The fourth-order valence-corrected chi connectivity index (χ4v) is 4.44. The molecule has 0 saturated carbocycles. The Morgan fingerprint density at radius 3 is 2.59 bits per heavy atom. The molecule has 39 heavy (non-hydrogen) atoms. The fourth-order valence-electron chi connectivity index (χ4n) is 4.24. The smallest absolute Gasteiger partial charge is 0.232 e. The van der Waals surface area contributed by atoms with Gasteiger partial charge in [-0.1, -0.05) is 11.6 Å². The SMILES string of the molecule is Cn1cnc(CN2CN(Cc3cc(F)c(F)cc3F)/C(=N/c3cc4cn(C)nc4cc3Cl)NC2C(=O)C=O)n1. The first-order valence-corrected chi connectivity index (χ1v) is 11.9. The van der Waals surface area contributed by atoms with E-state index in [4.69, 9.17) is 11.6 Å². The number of halogens is 4. The van der Waals surface area contributed by atoms with E-state index in [1.165, 1.54) is 20.8 Å². The quantitative estimate of drug-likeness (QED) is 0.209. The maximum atomic E-state index is 14.6. The van der Waals surface area contributed by atoms with Crippen molar-refractivity contribution in [2.45, 2.75) is 19.3 Å². The van der Waals surface area contributed by atoms with Crippen LogP contribution in [0.4, 0.5) is 18.9 Å². The molecule has 0 spiro atoms. The summed E-state index contributed by atoms with van der Waals surface area (Å²) in [5, 5.41) is 12.4. The Morgan fingerprint density at radius 2 is 1.87 bits per heavy atom. The number of nitrogens with one attached hydrogen (secondary N) is 1. The van der Waals surface area contributed by atoms with E-state index in [1.54, 1.807) is 37.1 Å². The molecule has 2 aromatic heterocycles. The minimum atomic E-state index is -1.32. The second kappa shape index (κ2) is 10.5. The van der Waals surface area contributed by atoms with E-state index in [2.05, 4.69) is 25.5 Å². The van der Waals surface area contributed by atoms with Crippen molar-refractivity contribution in [1.82, 2.24) is 39.7 Å². The van der Waals surface area contributed by atoms with Crippen LogP contribution >= 0.6 is 11.6 Å². The zero-order chi connectivity index (χ0) is 27.8. The lowest BCUT2D eigenvalue weighted by molar-refractivity contribution is -0.135. The Morgan fingerprint density at radius 1 is 1.10 bits per heavy atom. The van der Waals surface area contributed by atoms with Crippen molar-refractivity contribution in [1.29, 1.82) is 0 Å². The Balaban J connectivity index is 1.57. The number of rotatable bonds is 7. The summed E-state index contributed by atoms with van der Waals surface area (Å²) in [4.78, 5) is 35.9. The Kier molecular flexibility index (Phi) is 7.06. The standard InChI is InChI=1S/C24H21ClF3N9O2/c1-34-7-14-4-20(15(25)5-19(14)32-34)30-24-31-23(21(39)10-38)36(9-22-29-11-35(2)33-22)12-37(24)8-13-3-17(27)18(28)6-16(13)26/h3-7,10-11,23H,8-9,12H2,1-2H3,(H,30,31). The van der Waals surface area contributed by atoms with E-state index in [0.29, 0.717) is 23.1 Å². The highest BCUT2D eigenvalue weighted by atomic mass is 35.5. The van der Waals surface area contributed by atoms with Gasteiger partial charge < -0.3 is 10.2 Å². The molecule has 1 aliphatic rings. The average Bonchev–Trinajstić information content (AvgIpc) is 3.46. The monoisotopic (exact) mass is 559 g/mol. The Bertz CT molecular complexity index is 1620. The van der Waals surface area contributed by atoms with Gasteiger partial charge in [-0.05, 0) is 18.2 Å². The number of aliphatic imine (C=N–C) groups is 1.